The monoisotopic (exact) mass is 443 g/mol. The number of nitrogens with zero attached hydrogens (tertiary/aromatic N) is 4. The smallest absolute Gasteiger partial charge is 0.264 e. The number of hydrogen-bond donors (Lipinski definition) is 1. The van der Waals surface area contributed by atoms with E-state index in [9.17, 15) is 9.59 Å². The van der Waals surface area contributed by atoms with Crippen molar-refractivity contribution in [1.82, 2.24) is 24.6 Å². The average molecular weight is 444 g/mol. The van der Waals surface area contributed by atoms with Crippen LogP contribution in [0.1, 0.15) is 104 Å². The van der Waals surface area contributed by atoms with E-state index in [2.05, 4.69) is 15.4 Å². The van der Waals surface area contributed by atoms with Crippen molar-refractivity contribution < 1.29 is 4.79 Å². The zero-order chi connectivity index (χ0) is 23.1. The SMILES string of the molecule is Cc1nc2c(cnn2C(C)(C)C)c(=O)n1CCC(=O)NC1CCCCCCCCCCC1. The van der Waals surface area contributed by atoms with Crippen LogP contribution in [0.25, 0.3) is 11.0 Å². The van der Waals surface area contributed by atoms with E-state index in [0.717, 1.165) is 12.8 Å². The van der Waals surface area contributed by atoms with Crippen LogP contribution in [0.5, 0.6) is 0 Å². The predicted octanol–water partition coefficient (Wildman–Crippen LogP) is 4.84. The van der Waals surface area contributed by atoms with E-state index < -0.39 is 0 Å². The van der Waals surface area contributed by atoms with Crippen molar-refractivity contribution in [2.75, 3.05) is 0 Å². The number of carbonyl (C=O) groups excluding carboxylic acids is 1. The number of amides is 1. The first-order chi connectivity index (χ1) is 15.3. The van der Waals surface area contributed by atoms with Gasteiger partial charge < -0.3 is 5.32 Å². The quantitative estimate of drug-likeness (QED) is 0.733. The highest BCUT2D eigenvalue weighted by molar-refractivity contribution is 5.76. The molecule has 0 aliphatic heterocycles. The normalized spacial score (nSPS) is 17.6. The van der Waals surface area contributed by atoms with Gasteiger partial charge in [-0.05, 0) is 40.5 Å². The van der Waals surface area contributed by atoms with Crippen molar-refractivity contribution in [2.45, 2.75) is 123 Å². The van der Waals surface area contributed by atoms with Gasteiger partial charge >= 0.3 is 0 Å². The Kier molecular flexibility index (Phi) is 8.49. The predicted molar refractivity (Wildman–Crippen MR) is 129 cm³/mol. The van der Waals surface area contributed by atoms with Crippen LogP contribution in [0.15, 0.2) is 11.0 Å². The summed E-state index contributed by atoms with van der Waals surface area (Å²) < 4.78 is 3.40. The number of aryl methyl sites for hydroxylation is 1. The fourth-order valence-corrected chi connectivity index (χ4v) is 4.68. The fourth-order valence-electron chi connectivity index (χ4n) is 4.68. The van der Waals surface area contributed by atoms with Crippen LogP contribution in [-0.4, -0.2) is 31.3 Å². The number of hydrogen-bond acceptors (Lipinski definition) is 4. The summed E-state index contributed by atoms with van der Waals surface area (Å²) in [5, 5.41) is 8.14. The molecule has 32 heavy (non-hydrogen) atoms. The number of carbonyl (C=O) groups is 1. The third-order valence-corrected chi connectivity index (χ3v) is 6.55. The van der Waals surface area contributed by atoms with E-state index >= 15 is 0 Å². The molecule has 0 bridgehead atoms. The van der Waals surface area contributed by atoms with E-state index in [1.807, 2.05) is 27.7 Å². The molecule has 0 spiro atoms. The minimum absolute atomic E-state index is 0.0267. The molecule has 1 aliphatic rings. The summed E-state index contributed by atoms with van der Waals surface area (Å²) in [5.41, 5.74) is 0.226. The van der Waals surface area contributed by atoms with Crippen molar-refractivity contribution in [1.29, 1.82) is 0 Å². The third kappa shape index (κ3) is 6.42. The van der Waals surface area contributed by atoms with Gasteiger partial charge in [-0.1, -0.05) is 57.8 Å². The first kappa shape index (κ1) is 24.5. The summed E-state index contributed by atoms with van der Waals surface area (Å²) in [4.78, 5) is 30.4. The van der Waals surface area contributed by atoms with Crippen molar-refractivity contribution in [3.05, 3.63) is 22.4 Å². The number of aromatic nitrogens is 4. The Morgan fingerprint density at radius 1 is 1.03 bits per heavy atom. The van der Waals surface area contributed by atoms with Crippen molar-refractivity contribution in [2.24, 2.45) is 0 Å². The summed E-state index contributed by atoms with van der Waals surface area (Å²) in [7, 11) is 0. The lowest BCUT2D eigenvalue weighted by Gasteiger charge is -2.21. The van der Waals surface area contributed by atoms with Gasteiger partial charge in [0.05, 0.1) is 11.7 Å². The molecule has 178 valence electrons. The van der Waals surface area contributed by atoms with Gasteiger partial charge in [-0.2, -0.15) is 5.10 Å². The van der Waals surface area contributed by atoms with Crippen molar-refractivity contribution in [3.8, 4) is 0 Å². The molecule has 1 aliphatic carbocycles. The molecule has 0 saturated heterocycles. The third-order valence-electron chi connectivity index (χ3n) is 6.55. The molecule has 0 atom stereocenters. The van der Waals surface area contributed by atoms with Gasteiger partial charge in [0.25, 0.3) is 5.56 Å². The summed E-state index contributed by atoms with van der Waals surface area (Å²) in [6.45, 7) is 8.27. The number of fused-ring (bicyclic) bond motifs is 1. The maximum atomic E-state index is 13.0. The molecule has 3 rings (SSSR count). The summed E-state index contributed by atoms with van der Waals surface area (Å²) in [5.74, 6) is 0.645. The Labute approximate surface area is 192 Å². The molecule has 1 N–H and O–H groups in total. The Morgan fingerprint density at radius 2 is 1.59 bits per heavy atom. The van der Waals surface area contributed by atoms with Crippen LogP contribution in [0.4, 0.5) is 0 Å². The summed E-state index contributed by atoms with van der Waals surface area (Å²) in [6.07, 6.45) is 15.6. The highest BCUT2D eigenvalue weighted by atomic mass is 16.2. The fraction of sp³-hybridized carbons (Fsp3) is 0.760. The lowest BCUT2D eigenvalue weighted by atomic mass is 9.98. The van der Waals surface area contributed by atoms with Crippen molar-refractivity contribution >= 4 is 16.9 Å². The van der Waals surface area contributed by atoms with Gasteiger partial charge in [-0.3, -0.25) is 14.2 Å². The Morgan fingerprint density at radius 3 is 2.16 bits per heavy atom. The van der Waals surface area contributed by atoms with Gasteiger partial charge in [0.15, 0.2) is 5.65 Å². The molecular weight excluding hydrogens is 402 g/mol. The Balaban J connectivity index is 1.62. The Bertz CT molecular complexity index is 942. The summed E-state index contributed by atoms with van der Waals surface area (Å²) >= 11 is 0. The zero-order valence-electron chi connectivity index (χ0n) is 20.5. The van der Waals surface area contributed by atoms with Crippen LogP contribution in [-0.2, 0) is 16.9 Å². The molecule has 0 unspecified atom stereocenters. The molecule has 2 heterocycles. The summed E-state index contributed by atoms with van der Waals surface area (Å²) in [6, 6.07) is 0.255. The molecule has 2 aromatic rings. The second-order valence-corrected chi connectivity index (χ2v) is 10.4. The van der Waals surface area contributed by atoms with Gasteiger partial charge in [0, 0.05) is 19.0 Å². The van der Waals surface area contributed by atoms with Crippen molar-refractivity contribution in [3.63, 3.8) is 0 Å². The Hall–Kier alpha value is -2.18. The largest absolute Gasteiger partial charge is 0.353 e. The topological polar surface area (TPSA) is 81.8 Å². The molecular formula is C25H41N5O2. The minimum atomic E-state index is -0.257. The molecule has 1 fully saturated rings. The first-order valence-electron chi connectivity index (χ1n) is 12.5. The maximum Gasteiger partial charge on any atom is 0.264 e. The standard InChI is InChI=1S/C25H41N5O2/c1-19-27-23-21(18-26-30(23)25(2,3)4)24(32)29(19)17-16-22(31)28-20-14-12-10-8-6-5-7-9-11-13-15-20/h18,20H,5-17H2,1-4H3,(H,28,31). The molecule has 1 amide bonds. The maximum absolute atomic E-state index is 13.0. The zero-order valence-corrected chi connectivity index (χ0v) is 20.5. The lowest BCUT2D eigenvalue weighted by molar-refractivity contribution is -0.122. The van der Waals surface area contributed by atoms with Crippen LogP contribution in [0, 0.1) is 6.92 Å². The first-order valence-corrected chi connectivity index (χ1v) is 12.5. The average Bonchev–Trinajstić information content (AvgIpc) is 3.14. The van der Waals surface area contributed by atoms with Gasteiger partial charge in [0.2, 0.25) is 5.91 Å². The van der Waals surface area contributed by atoms with Gasteiger partial charge in [0.1, 0.15) is 11.2 Å². The van der Waals surface area contributed by atoms with E-state index in [0.29, 0.717) is 23.4 Å². The highest BCUT2D eigenvalue weighted by Gasteiger charge is 2.21. The van der Waals surface area contributed by atoms with Gasteiger partial charge in [-0.25, -0.2) is 9.67 Å². The van der Waals surface area contributed by atoms with E-state index in [1.165, 1.54) is 57.8 Å². The van der Waals surface area contributed by atoms with Crippen LogP contribution in [0.3, 0.4) is 0 Å². The molecule has 7 nitrogen and oxygen atoms in total. The van der Waals surface area contributed by atoms with Crippen LogP contribution < -0.4 is 10.9 Å². The van der Waals surface area contributed by atoms with Crippen LogP contribution >= 0.6 is 0 Å². The van der Waals surface area contributed by atoms with Gasteiger partial charge in [-0.15, -0.1) is 0 Å². The van der Waals surface area contributed by atoms with Crippen LogP contribution in [0.2, 0.25) is 0 Å². The highest BCUT2D eigenvalue weighted by Crippen LogP contribution is 2.19. The van der Waals surface area contributed by atoms with E-state index in [-0.39, 0.29) is 29.5 Å². The molecule has 7 heteroatoms. The number of rotatable bonds is 4. The van der Waals surface area contributed by atoms with E-state index in [4.69, 9.17) is 0 Å². The second-order valence-electron chi connectivity index (χ2n) is 10.4. The minimum Gasteiger partial charge on any atom is -0.353 e. The molecule has 0 aromatic carbocycles. The molecule has 2 aromatic heterocycles. The second kappa shape index (κ2) is 11.1. The molecule has 1 saturated carbocycles. The lowest BCUT2D eigenvalue weighted by Crippen LogP contribution is -2.36. The number of nitrogens with one attached hydrogen (secondary N) is 1. The molecule has 0 radical (unpaired) electrons. The van der Waals surface area contributed by atoms with E-state index in [1.54, 1.807) is 15.4 Å².